The van der Waals surface area contributed by atoms with Crippen molar-refractivity contribution in [1.82, 2.24) is 9.88 Å². The van der Waals surface area contributed by atoms with Crippen molar-refractivity contribution in [2.45, 2.75) is 0 Å². The molecule has 0 saturated carbocycles. The van der Waals surface area contributed by atoms with E-state index >= 15 is 0 Å². The van der Waals surface area contributed by atoms with E-state index < -0.39 is 5.97 Å². The van der Waals surface area contributed by atoms with Gasteiger partial charge in [0.2, 0.25) is 5.91 Å². The maximum atomic E-state index is 11.9. The van der Waals surface area contributed by atoms with E-state index in [0.29, 0.717) is 10.8 Å². The van der Waals surface area contributed by atoms with Crippen molar-refractivity contribution in [3.05, 3.63) is 23.4 Å². The summed E-state index contributed by atoms with van der Waals surface area (Å²) in [5, 5.41) is 0.534. The monoisotopic (exact) mass is 285 g/mol. The lowest BCUT2D eigenvalue weighted by Crippen LogP contribution is -2.39. The molecule has 0 aliphatic heterocycles. The highest BCUT2D eigenvalue weighted by Gasteiger charge is 2.15. The summed E-state index contributed by atoms with van der Waals surface area (Å²) in [5.74, 6) is -0.0306. The number of hydrogen-bond donors (Lipinski definition) is 0. The summed E-state index contributed by atoms with van der Waals surface area (Å²) >= 11 is 5.74. The van der Waals surface area contributed by atoms with Gasteiger partial charge in [-0.05, 0) is 12.1 Å². The van der Waals surface area contributed by atoms with Gasteiger partial charge in [-0.2, -0.15) is 0 Å². The van der Waals surface area contributed by atoms with Gasteiger partial charge in [-0.3, -0.25) is 9.59 Å². The largest absolute Gasteiger partial charge is 0.468 e. The lowest BCUT2D eigenvalue weighted by atomic mass is 10.4. The first-order valence-electron chi connectivity index (χ1n) is 5.57. The molecular weight excluding hydrogens is 270 g/mol. The molecule has 0 saturated heterocycles. The lowest BCUT2D eigenvalue weighted by Gasteiger charge is -2.21. The first-order chi connectivity index (χ1) is 8.93. The highest BCUT2D eigenvalue weighted by Crippen LogP contribution is 2.12. The fraction of sp³-hybridized carbons (Fsp3) is 0.417. The molecule has 19 heavy (non-hydrogen) atoms. The predicted octanol–water partition coefficient (Wildman–Crippen LogP) is 0.803. The Kier molecular flexibility index (Phi) is 5.57. The second-order valence-electron chi connectivity index (χ2n) is 4.02. The maximum absolute atomic E-state index is 11.9. The standard InChI is InChI=1S/C12H16ClN3O3/c1-15(10-5-4-9(13)6-14-10)7-11(17)16(2)8-12(18)19-3/h4-6H,7-8H2,1-3H3. The summed E-state index contributed by atoms with van der Waals surface area (Å²) in [4.78, 5) is 30.0. The Morgan fingerprint density at radius 2 is 2.00 bits per heavy atom. The van der Waals surface area contributed by atoms with Gasteiger partial charge < -0.3 is 14.5 Å². The fourth-order valence-electron chi connectivity index (χ4n) is 1.34. The van der Waals surface area contributed by atoms with Gasteiger partial charge in [-0.1, -0.05) is 11.6 Å². The zero-order valence-corrected chi connectivity index (χ0v) is 11.8. The van der Waals surface area contributed by atoms with Crippen molar-refractivity contribution in [2.75, 3.05) is 39.2 Å². The molecule has 6 nitrogen and oxygen atoms in total. The van der Waals surface area contributed by atoms with Crippen molar-refractivity contribution < 1.29 is 14.3 Å². The summed E-state index contributed by atoms with van der Waals surface area (Å²) in [6, 6.07) is 3.42. The van der Waals surface area contributed by atoms with Gasteiger partial charge in [-0.25, -0.2) is 4.98 Å². The SMILES string of the molecule is COC(=O)CN(C)C(=O)CN(C)c1ccc(Cl)cn1. The third-order valence-corrected chi connectivity index (χ3v) is 2.72. The third-order valence-electron chi connectivity index (χ3n) is 2.49. The van der Waals surface area contributed by atoms with E-state index in [9.17, 15) is 9.59 Å². The van der Waals surface area contributed by atoms with E-state index in [1.165, 1.54) is 18.2 Å². The van der Waals surface area contributed by atoms with Crippen LogP contribution < -0.4 is 4.90 Å². The number of methoxy groups -OCH3 is 1. The van der Waals surface area contributed by atoms with Crippen LogP contribution >= 0.6 is 11.6 Å². The van der Waals surface area contributed by atoms with Gasteiger partial charge in [-0.15, -0.1) is 0 Å². The van der Waals surface area contributed by atoms with Gasteiger partial charge in [0, 0.05) is 20.3 Å². The van der Waals surface area contributed by atoms with E-state index in [1.54, 1.807) is 31.1 Å². The summed E-state index contributed by atoms with van der Waals surface area (Å²) < 4.78 is 4.50. The number of likely N-dealkylation sites (N-methyl/N-ethyl adjacent to an activating group) is 2. The van der Waals surface area contributed by atoms with Crippen LogP contribution in [0.3, 0.4) is 0 Å². The summed E-state index contributed by atoms with van der Waals surface area (Å²) in [5.41, 5.74) is 0. The number of ether oxygens (including phenoxy) is 1. The minimum Gasteiger partial charge on any atom is -0.468 e. The molecule has 1 aromatic heterocycles. The van der Waals surface area contributed by atoms with Crippen molar-refractivity contribution in [3.63, 3.8) is 0 Å². The molecule has 0 spiro atoms. The number of carbonyl (C=O) groups excluding carboxylic acids is 2. The zero-order valence-electron chi connectivity index (χ0n) is 11.1. The Bertz CT molecular complexity index is 450. The number of halogens is 1. The minimum atomic E-state index is -0.455. The molecule has 0 bridgehead atoms. The lowest BCUT2D eigenvalue weighted by molar-refractivity contribution is -0.145. The smallest absolute Gasteiger partial charge is 0.325 e. The first kappa shape index (κ1) is 15.2. The van der Waals surface area contributed by atoms with Crippen LogP contribution in [0.4, 0.5) is 5.82 Å². The topological polar surface area (TPSA) is 62.7 Å². The van der Waals surface area contributed by atoms with Gasteiger partial charge in [0.25, 0.3) is 0 Å². The van der Waals surface area contributed by atoms with Crippen LogP contribution in [0.1, 0.15) is 0 Å². The summed E-state index contributed by atoms with van der Waals surface area (Å²) in [7, 11) is 4.56. The molecule has 0 unspecified atom stereocenters. The normalized spacial score (nSPS) is 9.89. The van der Waals surface area contributed by atoms with Crippen LogP contribution in [0.5, 0.6) is 0 Å². The predicted molar refractivity (Wildman–Crippen MR) is 72.2 cm³/mol. The second kappa shape index (κ2) is 6.94. The molecule has 0 aliphatic rings. The Hall–Kier alpha value is -1.82. The molecule has 0 aliphatic carbocycles. The quantitative estimate of drug-likeness (QED) is 0.749. The van der Waals surface area contributed by atoms with Crippen LogP contribution in [0.2, 0.25) is 5.02 Å². The van der Waals surface area contributed by atoms with Gasteiger partial charge in [0.05, 0.1) is 18.7 Å². The molecule has 1 heterocycles. The first-order valence-corrected chi connectivity index (χ1v) is 5.95. The molecule has 0 atom stereocenters. The molecule has 1 aromatic rings. The Labute approximate surface area is 116 Å². The van der Waals surface area contributed by atoms with Crippen LogP contribution in [-0.2, 0) is 14.3 Å². The average Bonchev–Trinajstić information content (AvgIpc) is 2.38. The van der Waals surface area contributed by atoms with Crippen LogP contribution in [0.25, 0.3) is 0 Å². The molecule has 0 aromatic carbocycles. The molecular formula is C12H16ClN3O3. The minimum absolute atomic E-state index is 0.0722. The summed E-state index contributed by atoms with van der Waals surface area (Å²) in [6.07, 6.45) is 1.51. The van der Waals surface area contributed by atoms with Crippen LogP contribution in [0, 0.1) is 0 Å². The van der Waals surface area contributed by atoms with E-state index in [-0.39, 0.29) is 19.0 Å². The Balaban J connectivity index is 2.56. The molecule has 1 amide bonds. The molecule has 1 rings (SSSR count). The van der Waals surface area contributed by atoms with Gasteiger partial charge >= 0.3 is 5.97 Å². The third kappa shape index (κ3) is 4.75. The second-order valence-corrected chi connectivity index (χ2v) is 4.45. The van der Waals surface area contributed by atoms with Crippen molar-refractivity contribution in [2.24, 2.45) is 0 Å². The number of aromatic nitrogens is 1. The Morgan fingerprint density at radius 1 is 1.32 bits per heavy atom. The number of amides is 1. The fourth-order valence-corrected chi connectivity index (χ4v) is 1.46. The number of carbonyl (C=O) groups is 2. The van der Waals surface area contributed by atoms with Crippen LogP contribution in [0.15, 0.2) is 18.3 Å². The highest BCUT2D eigenvalue weighted by atomic mass is 35.5. The number of esters is 1. The maximum Gasteiger partial charge on any atom is 0.325 e. The van der Waals surface area contributed by atoms with Gasteiger partial charge in [0.1, 0.15) is 12.4 Å². The molecule has 0 fully saturated rings. The van der Waals surface area contributed by atoms with E-state index in [2.05, 4.69) is 9.72 Å². The van der Waals surface area contributed by atoms with E-state index in [4.69, 9.17) is 11.6 Å². The van der Waals surface area contributed by atoms with Crippen LogP contribution in [-0.4, -0.2) is 56.1 Å². The zero-order chi connectivity index (χ0) is 14.4. The molecule has 104 valence electrons. The van der Waals surface area contributed by atoms with Crippen molar-refractivity contribution >= 4 is 29.3 Å². The van der Waals surface area contributed by atoms with Crippen molar-refractivity contribution in [1.29, 1.82) is 0 Å². The average molecular weight is 286 g/mol. The van der Waals surface area contributed by atoms with E-state index in [1.807, 2.05) is 0 Å². The van der Waals surface area contributed by atoms with Gasteiger partial charge in [0.15, 0.2) is 0 Å². The number of pyridine rings is 1. The molecule has 0 N–H and O–H groups in total. The number of anilines is 1. The summed E-state index contributed by atoms with van der Waals surface area (Å²) in [6.45, 7) is 0.0410. The number of rotatable bonds is 5. The molecule has 0 radical (unpaired) electrons. The highest BCUT2D eigenvalue weighted by molar-refractivity contribution is 6.30. The van der Waals surface area contributed by atoms with Crippen molar-refractivity contribution in [3.8, 4) is 0 Å². The Morgan fingerprint density at radius 3 is 2.53 bits per heavy atom. The number of nitrogens with zero attached hydrogens (tertiary/aromatic N) is 3. The number of hydrogen-bond acceptors (Lipinski definition) is 5. The molecule has 7 heteroatoms. The van der Waals surface area contributed by atoms with E-state index in [0.717, 1.165) is 0 Å².